The molecular formula is C17H20N2O4S. The third kappa shape index (κ3) is 3.41. The van der Waals surface area contributed by atoms with E-state index in [1.807, 2.05) is 18.9 Å². The second-order valence-electron chi connectivity index (χ2n) is 5.46. The number of likely N-dealkylation sites (N-methyl/N-ethyl adjacent to an activating group) is 1. The number of benzene rings is 2. The molecule has 1 aliphatic rings. The molecule has 2 aromatic carbocycles. The van der Waals surface area contributed by atoms with E-state index in [2.05, 4.69) is 4.72 Å². The maximum absolute atomic E-state index is 12.5. The summed E-state index contributed by atoms with van der Waals surface area (Å²) >= 11 is 0. The van der Waals surface area contributed by atoms with Gasteiger partial charge in [0.05, 0.1) is 29.4 Å². The zero-order chi connectivity index (χ0) is 17.2. The highest BCUT2D eigenvalue weighted by Crippen LogP contribution is 2.33. The quantitative estimate of drug-likeness (QED) is 0.900. The highest BCUT2D eigenvalue weighted by Gasteiger charge is 2.18. The van der Waals surface area contributed by atoms with E-state index < -0.39 is 10.0 Å². The van der Waals surface area contributed by atoms with Gasteiger partial charge in [-0.2, -0.15) is 0 Å². The van der Waals surface area contributed by atoms with Crippen molar-refractivity contribution in [2.75, 3.05) is 36.4 Å². The maximum Gasteiger partial charge on any atom is 0.261 e. The van der Waals surface area contributed by atoms with Crippen LogP contribution in [0.2, 0.25) is 0 Å². The van der Waals surface area contributed by atoms with Gasteiger partial charge >= 0.3 is 0 Å². The minimum absolute atomic E-state index is 0.188. The summed E-state index contributed by atoms with van der Waals surface area (Å²) in [5.41, 5.74) is 1.37. The van der Waals surface area contributed by atoms with E-state index in [4.69, 9.17) is 9.47 Å². The molecule has 7 heteroatoms. The maximum atomic E-state index is 12.5. The first kappa shape index (κ1) is 16.4. The van der Waals surface area contributed by atoms with Crippen LogP contribution in [0.5, 0.6) is 11.5 Å². The van der Waals surface area contributed by atoms with Crippen LogP contribution in [0.4, 0.5) is 11.4 Å². The van der Waals surface area contributed by atoms with Gasteiger partial charge in [-0.05, 0) is 49.4 Å². The average molecular weight is 348 g/mol. The van der Waals surface area contributed by atoms with E-state index in [0.717, 1.165) is 18.0 Å². The first-order valence-electron chi connectivity index (χ1n) is 7.73. The second-order valence-corrected chi connectivity index (χ2v) is 7.14. The number of rotatable bonds is 5. The standard InChI is InChI=1S/C17H20N2O4S/c1-3-22-14-5-7-15(8-6-14)24(20,21)18-13-4-9-17-16(12-13)19(2)10-11-23-17/h4-9,12,18H,3,10-11H2,1-2H3. The molecule has 0 saturated carbocycles. The van der Waals surface area contributed by atoms with Gasteiger partial charge in [-0.15, -0.1) is 0 Å². The zero-order valence-electron chi connectivity index (χ0n) is 13.7. The van der Waals surface area contributed by atoms with Crippen LogP contribution in [0.3, 0.4) is 0 Å². The predicted molar refractivity (Wildman–Crippen MR) is 93.6 cm³/mol. The lowest BCUT2D eigenvalue weighted by molar-refractivity contribution is 0.311. The Kier molecular flexibility index (Phi) is 4.53. The third-order valence-electron chi connectivity index (χ3n) is 3.75. The van der Waals surface area contributed by atoms with Gasteiger partial charge < -0.3 is 14.4 Å². The van der Waals surface area contributed by atoms with Crippen LogP contribution >= 0.6 is 0 Å². The van der Waals surface area contributed by atoms with Crippen LogP contribution in [0.1, 0.15) is 6.92 Å². The number of hydrogen-bond acceptors (Lipinski definition) is 5. The molecule has 0 bridgehead atoms. The van der Waals surface area contributed by atoms with Crippen molar-refractivity contribution < 1.29 is 17.9 Å². The van der Waals surface area contributed by atoms with Crippen LogP contribution in [-0.2, 0) is 10.0 Å². The van der Waals surface area contributed by atoms with Crippen LogP contribution in [0.15, 0.2) is 47.4 Å². The molecule has 0 aliphatic carbocycles. The number of anilines is 2. The van der Waals surface area contributed by atoms with Crippen molar-refractivity contribution in [2.24, 2.45) is 0 Å². The summed E-state index contributed by atoms with van der Waals surface area (Å²) < 4.78 is 38.6. The van der Waals surface area contributed by atoms with E-state index >= 15 is 0 Å². The third-order valence-corrected chi connectivity index (χ3v) is 5.15. The van der Waals surface area contributed by atoms with Crippen molar-refractivity contribution in [3.63, 3.8) is 0 Å². The zero-order valence-corrected chi connectivity index (χ0v) is 14.5. The highest BCUT2D eigenvalue weighted by molar-refractivity contribution is 7.92. The molecule has 0 fully saturated rings. The Morgan fingerprint density at radius 3 is 2.67 bits per heavy atom. The molecule has 3 rings (SSSR count). The summed E-state index contributed by atoms with van der Waals surface area (Å²) in [7, 11) is -1.70. The van der Waals surface area contributed by atoms with Gasteiger partial charge in [0.15, 0.2) is 0 Å². The highest BCUT2D eigenvalue weighted by atomic mass is 32.2. The van der Waals surface area contributed by atoms with Crippen LogP contribution < -0.4 is 19.1 Å². The average Bonchev–Trinajstić information content (AvgIpc) is 2.56. The lowest BCUT2D eigenvalue weighted by Crippen LogP contribution is -2.28. The first-order valence-corrected chi connectivity index (χ1v) is 9.21. The lowest BCUT2D eigenvalue weighted by Gasteiger charge is -2.28. The molecule has 1 N–H and O–H groups in total. The number of fused-ring (bicyclic) bond motifs is 1. The Labute approximate surface area is 142 Å². The molecule has 0 radical (unpaired) electrons. The number of sulfonamides is 1. The summed E-state index contributed by atoms with van der Waals surface area (Å²) in [6.45, 7) is 3.81. The van der Waals surface area contributed by atoms with Gasteiger partial charge in [0.25, 0.3) is 10.0 Å². The fourth-order valence-corrected chi connectivity index (χ4v) is 3.56. The van der Waals surface area contributed by atoms with Crippen molar-refractivity contribution in [1.82, 2.24) is 0 Å². The molecule has 128 valence electrons. The number of ether oxygens (including phenoxy) is 2. The summed E-state index contributed by atoms with van der Waals surface area (Å²) in [5.74, 6) is 1.40. The normalized spacial score (nSPS) is 13.8. The Hall–Kier alpha value is -2.41. The fraction of sp³-hybridized carbons (Fsp3) is 0.294. The van der Waals surface area contributed by atoms with Crippen molar-refractivity contribution >= 4 is 21.4 Å². The summed E-state index contributed by atoms with van der Waals surface area (Å²) in [5, 5.41) is 0. The Morgan fingerprint density at radius 1 is 1.21 bits per heavy atom. The molecule has 1 aliphatic heterocycles. The molecule has 0 unspecified atom stereocenters. The van der Waals surface area contributed by atoms with Crippen molar-refractivity contribution in [1.29, 1.82) is 0 Å². The molecule has 0 aromatic heterocycles. The van der Waals surface area contributed by atoms with Gasteiger partial charge in [0.2, 0.25) is 0 Å². The monoisotopic (exact) mass is 348 g/mol. The van der Waals surface area contributed by atoms with Crippen LogP contribution in [0.25, 0.3) is 0 Å². The summed E-state index contributed by atoms with van der Waals surface area (Å²) in [4.78, 5) is 2.22. The van der Waals surface area contributed by atoms with Gasteiger partial charge in [-0.25, -0.2) is 8.42 Å². The molecule has 0 amide bonds. The molecule has 1 heterocycles. The Bertz CT molecular complexity index is 819. The number of hydrogen-bond donors (Lipinski definition) is 1. The van der Waals surface area contributed by atoms with E-state index in [0.29, 0.717) is 24.7 Å². The van der Waals surface area contributed by atoms with Gasteiger partial charge in [0, 0.05) is 7.05 Å². The fourth-order valence-electron chi connectivity index (χ4n) is 2.51. The van der Waals surface area contributed by atoms with Gasteiger partial charge in [-0.3, -0.25) is 4.72 Å². The largest absolute Gasteiger partial charge is 0.494 e. The molecular weight excluding hydrogens is 328 g/mol. The molecule has 6 nitrogen and oxygen atoms in total. The Morgan fingerprint density at radius 2 is 1.96 bits per heavy atom. The van der Waals surface area contributed by atoms with Crippen molar-refractivity contribution in [3.8, 4) is 11.5 Å². The Balaban J connectivity index is 1.83. The molecule has 24 heavy (non-hydrogen) atoms. The topological polar surface area (TPSA) is 67.9 Å². The van der Waals surface area contributed by atoms with E-state index in [9.17, 15) is 8.42 Å². The van der Waals surface area contributed by atoms with Crippen molar-refractivity contribution in [2.45, 2.75) is 11.8 Å². The van der Waals surface area contributed by atoms with E-state index in [1.165, 1.54) is 12.1 Å². The smallest absolute Gasteiger partial charge is 0.261 e. The van der Waals surface area contributed by atoms with Gasteiger partial charge in [0.1, 0.15) is 18.1 Å². The minimum Gasteiger partial charge on any atom is -0.494 e. The molecule has 0 saturated heterocycles. The summed E-state index contributed by atoms with van der Waals surface area (Å²) in [6, 6.07) is 11.6. The van der Waals surface area contributed by atoms with E-state index in [1.54, 1.807) is 30.3 Å². The van der Waals surface area contributed by atoms with Gasteiger partial charge in [-0.1, -0.05) is 0 Å². The van der Waals surface area contributed by atoms with E-state index in [-0.39, 0.29) is 4.90 Å². The second kappa shape index (κ2) is 6.60. The van der Waals surface area contributed by atoms with Crippen molar-refractivity contribution in [3.05, 3.63) is 42.5 Å². The molecule has 0 atom stereocenters. The SMILES string of the molecule is CCOc1ccc(S(=O)(=O)Nc2ccc3c(c2)N(C)CCO3)cc1. The predicted octanol–water partition coefficient (Wildman–Crippen LogP) is 2.71. The number of nitrogens with zero attached hydrogens (tertiary/aromatic N) is 1. The molecule has 0 spiro atoms. The van der Waals surface area contributed by atoms with Crippen LogP contribution in [0, 0.1) is 0 Å². The van der Waals surface area contributed by atoms with Crippen LogP contribution in [-0.4, -0.2) is 35.2 Å². The lowest BCUT2D eigenvalue weighted by atomic mass is 10.2. The molecule has 2 aromatic rings. The minimum atomic E-state index is -3.65. The number of nitrogens with one attached hydrogen (secondary N) is 1. The first-order chi connectivity index (χ1) is 11.5. The summed E-state index contributed by atoms with van der Waals surface area (Å²) in [6.07, 6.45) is 0.